The number of fused-ring (bicyclic) bond motifs is 1. The van der Waals surface area contributed by atoms with Crippen LogP contribution in [0.4, 0.5) is 11.5 Å². The molecule has 124 valence electrons. The predicted octanol–water partition coefficient (Wildman–Crippen LogP) is 3.71. The average Bonchev–Trinajstić information content (AvgIpc) is 2.60. The molecule has 0 atom stereocenters. The Morgan fingerprint density at radius 2 is 1.58 bits per heavy atom. The molecule has 0 unspecified atom stereocenters. The van der Waals surface area contributed by atoms with Gasteiger partial charge < -0.3 is 19.5 Å². The normalized spacial score (nSPS) is 10.5. The van der Waals surface area contributed by atoms with E-state index in [4.69, 9.17) is 14.2 Å². The average molecular weight is 325 g/mol. The third-order valence-electron chi connectivity index (χ3n) is 3.64. The Balaban J connectivity index is 2.28. The SMILES string of the molecule is COc1cc2nc(C)nc(Nc3ccccc3)c2c(OC)c1OC. The van der Waals surface area contributed by atoms with E-state index in [1.807, 2.05) is 43.3 Å². The van der Waals surface area contributed by atoms with E-state index in [9.17, 15) is 0 Å². The van der Waals surface area contributed by atoms with Gasteiger partial charge >= 0.3 is 0 Å². The fourth-order valence-electron chi connectivity index (χ4n) is 2.63. The van der Waals surface area contributed by atoms with Gasteiger partial charge in [-0.1, -0.05) is 18.2 Å². The molecule has 0 fully saturated rings. The summed E-state index contributed by atoms with van der Waals surface area (Å²) in [6.07, 6.45) is 0. The molecule has 0 radical (unpaired) electrons. The zero-order valence-corrected chi connectivity index (χ0v) is 14.1. The van der Waals surface area contributed by atoms with Crippen molar-refractivity contribution in [2.45, 2.75) is 6.92 Å². The number of rotatable bonds is 5. The highest BCUT2D eigenvalue weighted by Gasteiger charge is 2.20. The lowest BCUT2D eigenvalue weighted by Gasteiger charge is -2.17. The van der Waals surface area contributed by atoms with Gasteiger partial charge in [0, 0.05) is 11.8 Å². The summed E-state index contributed by atoms with van der Waals surface area (Å²) in [5, 5.41) is 4.06. The quantitative estimate of drug-likeness (QED) is 0.771. The largest absolute Gasteiger partial charge is 0.493 e. The Bertz CT molecular complexity index is 867. The molecule has 24 heavy (non-hydrogen) atoms. The van der Waals surface area contributed by atoms with Gasteiger partial charge in [-0.05, 0) is 19.1 Å². The first-order valence-corrected chi connectivity index (χ1v) is 7.47. The molecule has 1 N–H and O–H groups in total. The van der Waals surface area contributed by atoms with Crippen molar-refractivity contribution in [3.63, 3.8) is 0 Å². The predicted molar refractivity (Wildman–Crippen MR) is 93.7 cm³/mol. The van der Waals surface area contributed by atoms with Gasteiger partial charge in [-0.15, -0.1) is 0 Å². The smallest absolute Gasteiger partial charge is 0.204 e. The van der Waals surface area contributed by atoms with Crippen LogP contribution in [0, 0.1) is 6.92 Å². The van der Waals surface area contributed by atoms with Crippen LogP contribution >= 0.6 is 0 Å². The Labute approximate surface area is 140 Å². The second kappa shape index (κ2) is 6.62. The standard InChI is InChI=1S/C18H19N3O3/c1-11-19-13-10-14(22-2)16(23-3)17(24-4)15(13)18(20-11)21-12-8-6-5-7-9-12/h5-10H,1-4H3,(H,19,20,21). The molecule has 2 aromatic carbocycles. The topological polar surface area (TPSA) is 65.5 Å². The molecule has 0 amide bonds. The fourth-order valence-corrected chi connectivity index (χ4v) is 2.63. The molecular weight excluding hydrogens is 306 g/mol. The number of para-hydroxylation sites is 1. The van der Waals surface area contributed by atoms with Gasteiger partial charge in [0.25, 0.3) is 0 Å². The van der Waals surface area contributed by atoms with Gasteiger partial charge in [0.1, 0.15) is 11.6 Å². The van der Waals surface area contributed by atoms with Crippen LogP contribution in [0.2, 0.25) is 0 Å². The maximum atomic E-state index is 5.59. The molecule has 0 aliphatic rings. The third-order valence-corrected chi connectivity index (χ3v) is 3.64. The minimum atomic E-state index is 0.510. The molecule has 1 heterocycles. The van der Waals surface area contributed by atoms with E-state index in [0.29, 0.717) is 28.9 Å². The lowest BCUT2D eigenvalue weighted by molar-refractivity contribution is 0.327. The van der Waals surface area contributed by atoms with Crippen molar-refractivity contribution in [3.05, 3.63) is 42.2 Å². The van der Waals surface area contributed by atoms with Crippen molar-refractivity contribution in [1.82, 2.24) is 9.97 Å². The van der Waals surface area contributed by atoms with Crippen LogP contribution in [0.3, 0.4) is 0 Å². The zero-order chi connectivity index (χ0) is 17.1. The second-order valence-corrected chi connectivity index (χ2v) is 5.15. The molecule has 0 aliphatic carbocycles. The van der Waals surface area contributed by atoms with Crippen LogP contribution < -0.4 is 19.5 Å². The Morgan fingerprint density at radius 3 is 2.21 bits per heavy atom. The summed E-state index contributed by atoms with van der Waals surface area (Å²) in [4.78, 5) is 9.04. The van der Waals surface area contributed by atoms with E-state index in [-0.39, 0.29) is 0 Å². The Hall–Kier alpha value is -3.02. The monoisotopic (exact) mass is 325 g/mol. The molecule has 6 nitrogen and oxygen atoms in total. The van der Waals surface area contributed by atoms with Crippen molar-refractivity contribution in [2.24, 2.45) is 0 Å². The summed E-state index contributed by atoms with van der Waals surface area (Å²) in [5.74, 6) is 2.91. The molecule has 0 saturated heterocycles. The van der Waals surface area contributed by atoms with Gasteiger partial charge in [0.05, 0.1) is 32.2 Å². The van der Waals surface area contributed by atoms with E-state index in [1.165, 1.54) is 0 Å². The molecular formula is C18H19N3O3. The van der Waals surface area contributed by atoms with Gasteiger partial charge in [-0.2, -0.15) is 0 Å². The maximum Gasteiger partial charge on any atom is 0.204 e. The van der Waals surface area contributed by atoms with E-state index in [2.05, 4.69) is 15.3 Å². The number of hydrogen-bond donors (Lipinski definition) is 1. The van der Waals surface area contributed by atoms with Crippen LogP contribution in [0.15, 0.2) is 36.4 Å². The first-order chi connectivity index (χ1) is 11.7. The molecule has 0 saturated carbocycles. The highest BCUT2D eigenvalue weighted by atomic mass is 16.5. The van der Waals surface area contributed by atoms with E-state index in [1.54, 1.807) is 21.3 Å². The third kappa shape index (κ3) is 2.78. The lowest BCUT2D eigenvalue weighted by atomic mass is 10.1. The van der Waals surface area contributed by atoms with Crippen LogP contribution in [-0.2, 0) is 0 Å². The molecule has 0 bridgehead atoms. The highest BCUT2D eigenvalue weighted by molar-refractivity contribution is 5.99. The van der Waals surface area contributed by atoms with Crippen molar-refractivity contribution >= 4 is 22.4 Å². The minimum Gasteiger partial charge on any atom is -0.493 e. The summed E-state index contributed by atoms with van der Waals surface area (Å²) in [6.45, 7) is 1.85. The van der Waals surface area contributed by atoms with Crippen LogP contribution in [0.5, 0.6) is 17.2 Å². The summed E-state index contributed by atoms with van der Waals surface area (Å²) in [5.41, 5.74) is 1.64. The Kier molecular flexibility index (Phi) is 4.37. The summed E-state index contributed by atoms with van der Waals surface area (Å²) < 4.78 is 16.5. The molecule has 0 spiro atoms. The number of methoxy groups -OCH3 is 3. The Morgan fingerprint density at radius 1 is 0.875 bits per heavy atom. The lowest BCUT2D eigenvalue weighted by Crippen LogP contribution is -2.03. The number of nitrogens with one attached hydrogen (secondary N) is 1. The van der Waals surface area contributed by atoms with Crippen LogP contribution in [-0.4, -0.2) is 31.3 Å². The fraction of sp³-hybridized carbons (Fsp3) is 0.222. The number of anilines is 2. The number of aromatic nitrogens is 2. The molecule has 0 aliphatic heterocycles. The van der Waals surface area contributed by atoms with Crippen molar-refractivity contribution in [1.29, 1.82) is 0 Å². The van der Waals surface area contributed by atoms with E-state index >= 15 is 0 Å². The zero-order valence-electron chi connectivity index (χ0n) is 14.1. The molecule has 3 aromatic rings. The molecule has 3 rings (SSSR count). The minimum absolute atomic E-state index is 0.510. The van der Waals surface area contributed by atoms with Crippen molar-refractivity contribution < 1.29 is 14.2 Å². The summed E-state index contributed by atoms with van der Waals surface area (Å²) in [7, 11) is 4.74. The summed E-state index contributed by atoms with van der Waals surface area (Å²) in [6, 6.07) is 11.6. The number of ether oxygens (including phenoxy) is 3. The number of aryl methyl sites for hydroxylation is 1. The summed E-state index contributed by atoms with van der Waals surface area (Å²) >= 11 is 0. The van der Waals surface area contributed by atoms with Gasteiger partial charge in [0.2, 0.25) is 5.75 Å². The van der Waals surface area contributed by atoms with E-state index < -0.39 is 0 Å². The van der Waals surface area contributed by atoms with Crippen LogP contribution in [0.1, 0.15) is 5.82 Å². The van der Waals surface area contributed by atoms with Crippen molar-refractivity contribution in [2.75, 3.05) is 26.6 Å². The highest BCUT2D eigenvalue weighted by Crippen LogP contribution is 2.45. The van der Waals surface area contributed by atoms with Crippen LogP contribution in [0.25, 0.3) is 10.9 Å². The number of benzene rings is 2. The molecule has 1 aromatic heterocycles. The first kappa shape index (κ1) is 15.9. The van der Waals surface area contributed by atoms with Gasteiger partial charge in [-0.3, -0.25) is 0 Å². The maximum absolute atomic E-state index is 5.59. The van der Waals surface area contributed by atoms with Gasteiger partial charge in [-0.25, -0.2) is 9.97 Å². The number of nitrogens with zero attached hydrogens (tertiary/aromatic N) is 2. The molecule has 6 heteroatoms. The van der Waals surface area contributed by atoms with E-state index in [0.717, 1.165) is 16.6 Å². The number of hydrogen-bond acceptors (Lipinski definition) is 6. The van der Waals surface area contributed by atoms with Gasteiger partial charge in [0.15, 0.2) is 11.5 Å². The first-order valence-electron chi connectivity index (χ1n) is 7.47. The second-order valence-electron chi connectivity index (χ2n) is 5.15. The van der Waals surface area contributed by atoms with Crippen molar-refractivity contribution in [3.8, 4) is 17.2 Å².